The molecule has 20 heavy (non-hydrogen) atoms. The van der Waals surface area contributed by atoms with Crippen molar-refractivity contribution in [3.8, 4) is 0 Å². The Morgan fingerprint density at radius 2 is 1.80 bits per heavy atom. The van der Waals surface area contributed by atoms with E-state index >= 15 is 0 Å². The summed E-state index contributed by atoms with van der Waals surface area (Å²) in [6.07, 6.45) is -5.64. The van der Waals surface area contributed by atoms with Gasteiger partial charge < -0.3 is 20.6 Å². The van der Waals surface area contributed by atoms with Crippen LogP contribution in [0.25, 0.3) is 0 Å². The molecule has 0 aliphatic rings. The third-order valence-corrected chi connectivity index (χ3v) is 3.02. The summed E-state index contributed by atoms with van der Waals surface area (Å²) in [5.74, 6) is 0. The van der Waals surface area contributed by atoms with Crippen molar-refractivity contribution in [2.45, 2.75) is 24.7 Å². The maximum Gasteiger partial charge on any atom is 0.416 e. The fourth-order valence-corrected chi connectivity index (χ4v) is 1.54. The van der Waals surface area contributed by atoms with Gasteiger partial charge >= 0.3 is 6.18 Å². The van der Waals surface area contributed by atoms with Crippen LogP contribution in [0.1, 0.15) is 24.2 Å². The minimum atomic E-state index is -4.46. The number of aliphatic hydroxyl groups excluding tert-OH is 3. The predicted octanol–water partition coefficient (Wildman–Crippen LogP) is 1.07. The Bertz CT molecular complexity index is 433. The van der Waals surface area contributed by atoms with Gasteiger partial charge in [-0.1, -0.05) is 12.1 Å². The van der Waals surface area contributed by atoms with Crippen LogP contribution in [0, 0.1) is 0 Å². The largest absolute Gasteiger partial charge is 0.416 e. The summed E-state index contributed by atoms with van der Waals surface area (Å²) in [4.78, 5) is 0. The van der Waals surface area contributed by atoms with Crippen molar-refractivity contribution < 1.29 is 28.5 Å². The average molecular weight is 293 g/mol. The van der Waals surface area contributed by atoms with Gasteiger partial charge in [0, 0.05) is 6.54 Å². The van der Waals surface area contributed by atoms with Gasteiger partial charge in [0.2, 0.25) is 0 Å². The number of nitrogens with one attached hydrogen (secondary N) is 1. The third kappa shape index (κ3) is 4.45. The maximum absolute atomic E-state index is 12.6. The molecule has 0 amide bonds. The fourth-order valence-electron chi connectivity index (χ4n) is 1.54. The third-order valence-electron chi connectivity index (χ3n) is 3.02. The molecule has 1 atom stereocenters. The van der Waals surface area contributed by atoms with Gasteiger partial charge in [-0.2, -0.15) is 13.2 Å². The number of halogens is 3. The second kappa shape index (κ2) is 6.53. The van der Waals surface area contributed by atoms with Crippen LogP contribution in [0.5, 0.6) is 0 Å². The van der Waals surface area contributed by atoms with Gasteiger partial charge in [-0.25, -0.2) is 0 Å². The van der Waals surface area contributed by atoms with Crippen LogP contribution in [0.3, 0.4) is 0 Å². The van der Waals surface area contributed by atoms with Crippen LogP contribution in [-0.2, 0) is 6.18 Å². The molecule has 0 spiro atoms. The molecule has 4 N–H and O–H groups in total. The molecular formula is C13H18F3NO3. The van der Waals surface area contributed by atoms with E-state index in [2.05, 4.69) is 5.32 Å². The van der Waals surface area contributed by atoms with Crippen molar-refractivity contribution in [1.29, 1.82) is 0 Å². The highest BCUT2D eigenvalue weighted by Crippen LogP contribution is 2.30. The summed E-state index contributed by atoms with van der Waals surface area (Å²) in [7, 11) is 0. The Kier molecular flexibility index (Phi) is 5.52. The first kappa shape index (κ1) is 16.9. The highest BCUT2D eigenvalue weighted by atomic mass is 19.4. The summed E-state index contributed by atoms with van der Waals surface area (Å²) in [6.45, 7) is 0.725. The number of aliphatic hydroxyl groups is 3. The molecule has 1 aromatic carbocycles. The zero-order valence-electron chi connectivity index (χ0n) is 11.0. The summed E-state index contributed by atoms with van der Waals surface area (Å²) in [5, 5.41) is 30.7. The predicted molar refractivity (Wildman–Crippen MR) is 67.0 cm³/mol. The molecule has 1 unspecified atom stereocenters. The lowest BCUT2D eigenvalue weighted by Crippen LogP contribution is -2.50. The van der Waals surface area contributed by atoms with Crippen LogP contribution in [0.4, 0.5) is 13.2 Å². The molecule has 114 valence electrons. The van der Waals surface area contributed by atoms with Crippen LogP contribution in [0.2, 0.25) is 0 Å². The van der Waals surface area contributed by atoms with Gasteiger partial charge in [0.1, 0.15) is 0 Å². The molecule has 1 aromatic rings. The van der Waals surface area contributed by atoms with E-state index in [-0.39, 0.29) is 25.3 Å². The van der Waals surface area contributed by atoms with Crippen LogP contribution < -0.4 is 5.32 Å². The molecule has 4 nitrogen and oxygen atoms in total. The first-order chi connectivity index (χ1) is 9.22. The summed E-state index contributed by atoms with van der Waals surface area (Å²) in [6, 6.07) is 4.41. The number of hydrogen-bond acceptors (Lipinski definition) is 4. The topological polar surface area (TPSA) is 72.7 Å². The monoisotopic (exact) mass is 293 g/mol. The van der Waals surface area contributed by atoms with Crippen LogP contribution in [-0.4, -0.2) is 40.6 Å². The average Bonchev–Trinajstić information content (AvgIpc) is 2.43. The van der Waals surface area contributed by atoms with Gasteiger partial charge in [0.15, 0.2) is 0 Å². The van der Waals surface area contributed by atoms with Gasteiger partial charge in [0.25, 0.3) is 0 Å². The first-order valence-electron chi connectivity index (χ1n) is 6.04. The molecule has 1 rings (SSSR count). The molecule has 0 radical (unpaired) electrons. The molecular weight excluding hydrogens is 275 g/mol. The number of rotatable bonds is 6. The molecule has 0 bridgehead atoms. The highest BCUT2D eigenvalue weighted by Gasteiger charge is 2.31. The Hall–Kier alpha value is -1.15. The lowest BCUT2D eigenvalue weighted by atomic mass is 10.0. The van der Waals surface area contributed by atoms with E-state index in [1.807, 2.05) is 0 Å². The molecule has 7 heteroatoms. The van der Waals surface area contributed by atoms with E-state index in [1.54, 1.807) is 0 Å². The summed E-state index contributed by atoms with van der Waals surface area (Å²) >= 11 is 0. The van der Waals surface area contributed by atoms with Gasteiger partial charge in [-0.05, 0) is 24.6 Å². The quantitative estimate of drug-likeness (QED) is 0.633. The standard InChI is InChI=1S/C13H18F3NO3/c1-12(7-18,8-19)17-6-11(20)9-3-2-4-10(5-9)13(14,15)16/h2-5,11,17-20H,6-8H2,1H3. The molecule has 0 saturated heterocycles. The van der Waals surface area contributed by atoms with Gasteiger partial charge in [-0.15, -0.1) is 0 Å². The van der Waals surface area contributed by atoms with Crippen molar-refractivity contribution in [2.75, 3.05) is 19.8 Å². The fraction of sp³-hybridized carbons (Fsp3) is 0.538. The summed E-state index contributed by atoms with van der Waals surface area (Å²) in [5.41, 5.74) is -1.71. The van der Waals surface area contributed by atoms with E-state index in [1.165, 1.54) is 19.1 Å². The Morgan fingerprint density at radius 3 is 2.30 bits per heavy atom. The second-order valence-electron chi connectivity index (χ2n) is 4.90. The normalized spacial score (nSPS) is 14.3. The highest BCUT2D eigenvalue weighted by molar-refractivity contribution is 5.27. The molecule has 0 fully saturated rings. The van der Waals surface area contributed by atoms with E-state index in [0.29, 0.717) is 0 Å². The van der Waals surface area contributed by atoms with E-state index in [9.17, 15) is 18.3 Å². The number of alkyl halides is 3. The van der Waals surface area contributed by atoms with Crippen molar-refractivity contribution in [2.24, 2.45) is 0 Å². The minimum absolute atomic E-state index is 0.0844. The van der Waals surface area contributed by atoms with Crippen molar-refractivity contribution in [1.82, 2.24) is 5.32 Å². The first-order valence-corrected chi connectivity index (χ1v) is 6.04. The van der Waals surface area contributed by atoms with Crippen molar-refractivity contribution >= 4 is 0 Å². The zero-order chi connectivity index (χ0) is 15.4. The summed E-state index contributed by atoms with van der Waals surface area (Å²) < 4.78 is 37.7. The zero-order valence-corrected chi connectivity index (χ0v) is 11.0. The molecule has 0 aliphatic heterocycles. The number of hydrogen-bond donors (Lipinski definition) is 4. The molecule has 0 heterocycles. The maximum atomic E-state index is 12.6. The minimum Gasteiger partial charge on any atom is -0.394 e. The molecule has 0 saturated carbocycles. The van der Waals surface area contributed by atoms with Crippen molar-refractivity contribution in [3.63, 3.8) is 0 Å². The van der Waals surface area contributed by atoms with Crippen LogP contribution in [0.15, 0.2) is 24.3 Å². The Balaban J connectivity index is 2.76. The van der Waals surface area contributed by atoms with E-state index in [4.69, 9.17) is 10.2 Å². The lowest BCUT2D eigenvalue weighted by Gasteiger charge is -2.27. The Morgan fingerprint density at radius 1 is 1.20 bits per heavy atom. The Labute approximate surface area is 114 Å². The smallest absolute Gasteiger partial charge is 0.394 e. The van der Waals surface area contributed by atoms with E-state index in [0.717, 1.165) is 12.1 Å². The molecule has 0 aliphatic carbocycles. The second-order valence-corrected chi connectivity index (χ2v) is 4.90. The lowest BCUT2D eigenvalue weighted by molar-refractivity contribution is -0.137. The van der Waals surface area contributed by atoms with E-state index < -0.39 is 23.4 Å². The van der Waals surface area contributed by atoms with Gasteiger partial charge in [0.05, 0.1) is 30.4 Å². The SMILES string of the molecule is CC(CO)(CO)NCC(O)c1cccc(C(F)(F)F)c1. The van der Waals surface area contributed by atoms with Crippen molar-refractivity contribution in [3.05, 3.63) is 35.4 Å². The van der Waals surface area contributed by atoms with Crippen LogP contribution >= 0.6 is 0 Å². The number of benzene rings is 1. The number of β-amino-alcohol motifs (C(OH)–C–C–N with tert-alkyl or cyclic N) is 1. The van der Waals surface area contributed by atoms with Gasteiger partial charge in [-0.3, -0.25) is 0 Å². The molecule has 0 aromatic heterocycles.